The number of ether oxygens (including phenoxy) is 1. The van der Waals surface area contributed by atoms with Gasteiger partial charge in [-0.1, -0.05) is 23.7 Å². The predicted molar refractivity (Wildman–Crippen MR) is 114 cm³/mol. The third-order valence-electron chi connectivity index (χ3n) is 4.92. The fourth-order valence-corrected chi connectivity index (χ4v) is 4.97. The number of methoxy groups -OCH3 is 1. The molecule has 1 aliphatic heterocycles. The average Bonchev–Trinajstić information content (AvgIpc) is 3.29. The lowest BCUT2D eigenvalue weighted by atomic mass is 10.1. The number of rotatable bonds is 7. The number of sulfonamides is 1. The van der Waals surface area contributed by atoms with E-state index < -0.39 is 16.0 Å². The van der Waals surface area contributed by atoms with Gasteiger partial charge in [0.25, 0.3) is 0 Å². The van der Waals surface area contributed by atoms with Crippen molar-refractivity contribution in [3.05, 3.63) is 58.6 Å². The largest absolute Gasteiger partial charge is 0.465 e. The number of aryl methyl sites for hydroxylation is 1. The Kier molecular flexibility index (Phi) is 7.12. The van der Waals surface area contributed by atoms with E-state index >= 15 is 0 Å². The Morgan fingerprint density at radius 1 is 1.10 bits per heavy atom. The Labute approximate surface area is 181 Å². The van der Waals surface area contributed by atoms with Gasteiger partial charge < -0.3 is 10.1 Å². The van der Waals surface area contributed by atoms with Gasteiger partial charge in [0.2, 0.25) is 15.9 Å². The maximum Gasteiger partial charge on any atom is 0.339 e. The molecule has 1 amide bonds. The maximum atomic E-state index is 12.6. The molecular weight excluding hydrogens is 428 g/mol. The SMILES string of the molecule is COC(=O)c1cc(NC(=O)CCc2ccc(S(=O)(=O)N3CCCC3)cc2)ccc1Cl. The molecule has 0 unspecified atom stereocenters. The molecule has 1 N–H and O–H groups in total. The Morgan fingerprint density at radius 3 is 2.40 bits per heavy atom. The van der Waals surface area contributed by atoms with Crippen LogP contribution in [0.2, 0.25) is 5.02 Å². The fourth-order valence-electron chi connectivity index (χ4n) is 3.26. The molecule has 0 bridgehead atoms. The van der Waals surface area contributed by atoms with Crippen LogP contribution in [0.1, 0.15) is 35.2 Å². The first-order valence-corrected chi connectivity index (χ1v) is 11.4. The number of amides is 1. The lowest BCUT2D eigenvalue weighted by Crippen LogP contribution is -2.27. The number of nitrogens with zero attached hydrogens (tertiary/aromatic N) is 1. The molecule has 0 aliphatic carbocycles. The van der Waals surface area contributed by atoms with E-state index in [1.807, 2.05) is 0 Å². The highest BCUT2D eigenvalue weighted by Gasteiger charge is 2.26. The lowest BCUT2D eigenvalue weighted by molar-refractivity contribution is -0.116. The number of carbonyl (C=O) groups excluding carboxylic acids is 2. The number of hydrogen-bond acceptors (Lipinski definition) is 5. The molecule has 1 heterocycles. The number of nitrogens with one attached hydrogen (secondary N) is 1. The lowest BCUT2D eigenvalue weighted by Gasteiger charge is -2.15. The van der Waals surface area contributed by atoms with E-state index in [0.717, 1.165) is 18.4 Å². The zero-order valence-corrected chi connectivity index (χ0v) is 18.1. The molecule has 160 valence electrons. The van der Waals surface area contributed by atoms with Gasteiger partial charge in [-0.2, -0.15) is 4.31 Å². The number of benzene rings is 2. The summed E-state index contributed by atoms with van der Waals surface area (Å²) in [5.74, 6) is -0.818. The molecule has 30 heavy (non-hydrogen) atoms. The normalized spacial score (nSPS) is 14.5. The van der Waals surface area contributed by atoms with E-state index in [0.29, 0.717) is 25.2 Å². The van der Waals surface area contributed by atoms with Crippen molar-refractivity contribution in [2.45, 2.75) is 30.6 Å². The highest BCUT2D eigenvalue weighted by molar-refractivity contribution is 7.89. The molecule has 9 heteroatoms. The second-order valence-electron chi connectivity index (χ2n) is 6.99. The van der Waals surface area contributed by atoms with Crippen LogP contribution in [0, 0.1) is 0 Å². The molecule has 0 atom stereocenters. The summed E-state index contributed by atoms with van der Waals surface area (Å²) in [5.41, 5.74) is 1.47. The topological polar surface area (TPSA) is 92.8 Å². The molecule has 2 aromatic rings. The molecular formula is C21H23ClN2O5S. The van der Waals surface area contributed by atoms with Crippen LogP contribution in [0.4, 0.5) is 5.69 Å². The first kappa shape index (κ1) is 22.3. The van der Waals surface area contributed by atoms with Crippen LogP contribution in [-0.2, 0) is 26.0 Å². The minimum absolute atomic E-state index is 0.173. The summed E-state index contributed by atoms with van der Waals surface area (Å²) in [6.45, 7) is 1.12. The van der Waals surface area contributed by atoms with Gasteiger partial charge in [0, 0.05) is 25.2 Å². The summed E-state index contributed by atoms with van der Waals surface area (Å²) in [7, 11) is -2.18. The summed E-state index contributed by atoms with van der Waals surface area (Å²) in [5, 5.41) is 2.96. The number of hydrogen-bond donors (Lipinski definition) is 1. The van der Waals surface area contributed by atoms with Gasteiger partial charge in [-0.05, 0) is 55.2 Å². The van der Waals surface area contributed by atoms with Crippen LogP contribution in [0.5, 0.6) is 0 Å². The van der Waals surface area contributed by atoms with Crippen molar-refractivity contribution in [1.29, 1.82) is 0 Å². The minimum Gasteiger partial charge on any atom is -0.465 e. The maximum absolute atomic E-state index is 12.6. The van der Waals surface area contributed by atoms with Gasteiger partial charge >= 0.3 is 5.97 Å². The fraction of sp³-hybridized carbons (Fsp3) is 0.333. The van der Waals surface area contributed by atoms with Crippen LogP contribution in [0.25, 0.3) is 0 Å². The molecule has 0 spiro atoms. The number of esters is 1. The Balaban J connectivity index is 1.58. The third kappa shape index (κ3) is 5.19. The second kappa shape index (κ2) is 9.59. The first-order chi connectivity index (χ1) is 14.3. The van der Waals surface area contributed by atoms with E-state index in [4.69, 9.17) is 11.6 Å². The highest BCUT2D eigenvalue weighted by atomic mass is 35.5. The molecule has 3 rings (SSSR count). The van der Waals surface area contributed by atoms with Crippen LogP contribution in [0.15, 0.2) is 47.4 Å². The number of carbonyl (C=O) groups is 2. The van der Waals surface area contributed by atoms with Gasteiger partial charge in [-0.25, -0.2) is 13.2 Å². The zero-order chi connectivity index (χ0) is 21.7. The predicted octanol–water partition coefficient (Wildman–Crippen LogP) is 3.48. The summed E-state index contributed by atoms with van der Waals surface area (Å²) in [6.07, 6.45) is 2.43. The van der Waals surface area contributed by atoms with E-state index in [-0.39, 0.29) is 27.8 Å². The molecule has 1 fully saturated rings. The Bertz CT molecular complexity index is 1030. The summed E-state index contributed by atoms with van der Waals surface area (Å²) >= 11 is 5.97. The Morgan fingerprint density at radius 2 is 1.77 bits per heavy atom. The molecule has 1 aliphatic rings. The summed E-state index contributed by atoms with van der Waals surface area (Å²) < 4.78 is 31.3. The monoisotopic (exact) mass is 450 g/mol. The minimum atomic E-state index is -3.44. The van der Waals surface area contributed by atoms with Crippen molar-refractivity contribution in [2.75, 3.05) is 25.5 Å². The average molecular weight is 451 g/mol. The van der Waals surface area contributed by atoms with Crippen molar-refractivity contribution in [1.82, 2.24) is 4.31 Å². The highest BCUT2D eigenvalue weighted by Crippen LogP contribution is 2.23. The number of anilines is 1. The molecule has 0 aromatic heterocycles. The van der Waals surface area contributed by atoms with Gasteiger partial charge in [-0.3, -0.25) is 4.79 Å². The van der Waals surface area contributed by atoms with Crippen LogP contribution < -0.4 is 5.32 Å². The summed E-state index contributed by atoms with van der Waals surface area (Å²) in [4.78, 5) is 24.2. The molecule has 0 saturated carbocycles. The molecule has 2 aromatic carbocycles. The van der Waals surface area contributed by atoms with Gasteiger partial charge in [0.05, 0.1) is 22.6 Å². The van der Waals surface area contributed by atoms with E-state index in [9.17, 15) is 18.0 Å². The third-order valence-corrected chi connectivity index (χ3v) is 7.16. The number of halogens is 1. The van der Waals surface area contributed by atoms with Crippen LogP contribution in [-0.4, -0.2) is 44.8 Å². The van der Waals surface area contributed by atoms with Crippen molar-refractivity contribution in [2.24, 2.45) is 0 Å². The molecule has 7 nitrogen and oxygen atoms in total. The van der Waals surface area contributed by atoms with Crippen molar-refractivity contribution in [3.8, 4) is 0 Å². The quantitative estimate of drug-likeness (QED) is 0.652. The zero-order valence-electron chi connectivity index (χ0n) is 16.6. The van der Waals surface area contributed by atoms with E-state index in [1.165, 1.54) is 23.5 Å². The van der Waals surface area contributed by atoms with E-state index in [1.54, 1.807) is 30.3 Å². The molecule has 1 saturated heterocycles. The summed E-state index contributed by atoms with van der Waals surface area (Å²) in [6, 6.07) is 11.2. The van der Waals surface area contributed by atoms with Crippen LogP contribution >= 0.6 is 11.6 Å². The first-order valence-electron chi connectivity index (χ1n) is 9.58. The van der Waals surface area contributed by atoms with Crippen molar-refractivity contribution in [3.63, 3.8) is 0 Å². The van der Waals surface area contributed by atoms with Crippen LogP contribution in [0.3, 0.4) is 0 Å². The van der Waals surface area contributed by atoms with Gasteiger partial charge in [0.15, 0.2) is 0 Å². The van der Waals surface area contributed by atoms with Gasteiger partial charge in [0.1, 0.15) is 0 Å². The Hall–Kier alpha value is -2.42. The van der Waals surface area contributed by atoms with Crippen molar-refractivity contribution >= 4 is 39.2 Å². The van der Waals surface area contributed by atoms with Crippen molar-refractivity contribution < 1.29 is 22.7 Å². The molecule has 0 radical (unpaired) electrons. The second-order valence-corrected chi connectivity index (χ2v) is 9.33. The van der Waals surface area contributed by atoms with E-state index in [2.05, 4.69) is 10.1 Å². The van der Waals surface area contributed by atoms with Gasteiger partial charge in [-0.15, -0.1) is 0 Å². The standard InChI is InChI=1S/C21H23ClN2O5S/c1-29-21(26)18-14-16(7-10-19(18)22)23-20(25)11-6-15-4-8-17(9-5-15)30(27,28)24-12-2-3-13-24/h4-5,7-10,14H,2-3,6,11-13H2,1H3,(H,23,25). The smallest absolute Gasteiger partial charge is 0.339 e.